The molecule has 17 heavy (non-hydrogen) atoms. The highest BCUT2D eigenvalue weighted by Gasteiger charge is 2.33. The van der Waals surface area contributed by atoms with Crippen molar-refractivity contribution in [3.8, 4) is 0 Å². The fourth-order valence-corrected chi connectivity index (χ4v) is 2.00. The second-order valence-corrected chi connectivity index (χ2v) is 4.41. The van der Waals surface area contributed by atoms with E-state index in [0.29, 0.717) is 19.6 Å². The Balaban J connectivity index is 2.20. The van der Waals surface area contributed by atoms with Gasteiger partial charge in [-0.3, -0.25) is 9.69 Å². The number of carbonyl (C=O) groups is 1. The van der Waals surface area contributed by atoms with Gasteiger partial charge in [0.1, 0.15) is 6.61 Å². The quantitative estimate of drug-likeness (QED) is 0.732. The minimum Gasteiger partial charge on any atom is -0.371 e. The van der Waals surface area contributed by atoms with Crippen LogP contribution in [-0.2, 0) is 9.53 Å². The molecule has 0 radical (unpaired) electrons. The van der Waals surface area contributed by atoms with Gasteiger partial charge in [-0.15, -0.1) is 0 Å². The molecule has 0 aromatic heterocycles. The minimum absolute atomic E-state index is 0.0116. The van der Waals surface area contributed by atoms with E-state index in [-0.39, 0.29) is 24.3 Å². The van der Waals surface area contributed by atoms with E-state index >= 15 is 0 Å². The minimum atomic E-state index is -4.28. The molecule has 1 amide bonds. The molecule has 0 unspecified atom stereocenters. The summed E-state index contributed by atoms with van der Waals surface area (Å²) in [5.41, 5.74) is 5.22. The van der Waals surface area contributed by atoms with Crippen LogP contribution < -0.4 is 5.73 Å². The van der Waals surface area contributed by atoms with E-state index in [1.807, 2.05) is 11.8 Å². The van der Waals surface area contributed by atoms with Crippen molar-refractivity contribution in [2.45, 2.75) is 13.1 Å². The number of nitrogens with zero attached hydrogens (tertiary/aromatic N) is 1. The number of hydrogen-bond donors (Lipinski definition) is 1. The topological polar surface area (TPSA) is 55.6 Å². The number of primary amides is 1. The molecule has 1 fully saturated rings. The Morgan fingerprint density at radius 1 is 1.47 bits per heavy atom. The van der Waals surface area contributed by atoms with Crippen LogP contribution in [0.25, 0.3) is 0 Å². The second kappa shape index (κ2) is 5.68. The molecule has 4 nitrogen and oxygen atoms in total. The first-order valence-electron chi connectivity index (χ1n) is 5.46. The largest absolute Gasteiger partial charge is 0.411 e. The third kappa shape index (κ3) is 4.91. The second-order valence-electron chi connectivity index (χ2n) is 4.41. The normalized spacial score (nSPS) is 26.4. The fourth-order valence-electron chi connectivity index (χ4n) is 2.00. The highest BCUT2D eigenvalue weighted by atomic mass is 19.4. The predicted octanol–water partition coefficient (Wildman–Crippen LogP) is 0.618. The molecule has 0 aliphatic carbocycles. The lowest BCUT2D eigenvalue weighted by molar-refractivity contribution is -0.174. The number of rotatable bonds is 5. The lowest BCUT2D eigenvalue weighted by atomic mass is 9.98. The molecule has 1 saturated heterocycles. The monoisotopic (exact) mass is 254 g/mol. The highest BCUT2D eigenvalue weighted by molar-refractivity contribution is 5.77. The van der Waals surface area contributed by atoms with Gasteiger partial charge in [-0.2, -0.15) is 13.2 Å². The van der Waals surface area contributed by atoms with Gasteiger partial charge in [-0.25, -0.2) is 0 Å². The Morgan fingerprint density at radius 3 is 2.59 bits per heavy atom. The number of carbonyl (C=O) groups excluding carboxylic acids is 1. The molecule has 0 aromatic rings. The summed E-state index contributed by atoms with van der Waals surface area (Å²) in [7, 11) is 0. The molecule has 0 saturated carbocycles. The molecule has 100 valence electrons. The van der Waals surface area contributed by atoms with Crippen molar-refractivity contribution in [1.29, 1.82) is 0 Å². The van der Waals surface area contributed by atoms with Crippen LogP contribution >= 0.6 is 0 Å². The Hall–Kier alpha value is -0.820. The zero-order valence-electron chi connectivity index (χ0n) is 9.67. The lowest BCUT2D eigenvalue weighted by Gasteiger charge is -2.15. The smallest absolute Gasteiger partial charge is 0.371 e. The first kappa shape index (κ1) is 14.2. The first-order valence-corrected chi connectivity index (χ1v) is 5.46. The van der Waals surface area contributed by atoms with Gasteiger partial charge in [0.05, 0.1) is 12.5 Å². The van der Waals surface area contributed by atoms with E-state index in [1.165, 1.54) is 0 Å². The molecule has 0 spiro atoms. The van der Waals surface area contributed by atoms with Crippen LogP contribution in [0.1, 0.15) is 6.92 Å². The third-order valence-electron chi connectivity index (χ3n) is 2.87. The van der Waals surface area contributed by atoms with Crippen molar-refractivity contribution in [2.75, 3.05) is 32.8 Å². The van der Waals surface area contributed by atoms with Gasteiger partial charge in [-0.05, 0) is 5.92 Å². The van der Waals surface area contributed by atoms with Crippen LogP contribution in [0.5, 0.6) is 0 Å². The maximum atomic E-state index is 11.8. The molecular weight excluding hydrogens is 237 g/mol. The van der Waals surface area contributed by atoms with Gasteiger partial charge in [0.15, 0.2) is 0 Å². The molecule has 1 rings (SSSR count). The van der Waals surface area contributed by atoms with Crippen molar-refractivity contribution in [3.05, 3.63) is 0 Å². The van der Waals surface area contributed by atoms with Crippen LogP contribution in [0, 0.1) is 11.8 Å². The van der Waals surface area contributed by atoms with Crippen LogP contribution in [0.4, 0.5) is 13.2 Å². The molecular formula is C10H17F3N2O2. The number of nitrogens with two attached hydrogens (primary N) is 1. The summed E-state index contributed by atoms with van der Waals surface area (Å²) in [6, 6.07) is 0. The summed E-state index contributed by atoms with van der Waals surface area (Å²) < 4.78 is 39.9. The molecule has 1 aliphatic rings. The van der Waals surface area contributed by atoms with E-state index in [9.17, 15) is 18.0 Å². The maximum Gasteiger partial charge on any atom is 0.411 e. The number of halogens is 3. The molecule has 0 bridgehead atoms. The Bertz CT molecular complexity index is 271. The highest BCUT2D eigenvalue weighted by Crippen LogP contribution is 2.22. The zero-order chi connectivity index (χ0) is 13.1. The van der Waals surface area contributed by atoms with E-state index in [4.69, 9.17) is 5.73 Å². The lowest BCUT2D eigenvalue weighted by Crippen LogP contribution is -2.30. The van der Waals surface area contributed by atoms with Gasteiger partial charge < -0.3 is 10.5 Å². The van der Waals surface area contributed by atoms with Gasteiger partial charge in [-0.1, -0.05) is 6.92 Å². The van der Waals surface area contributed by atoms with E-state index in [1.54, 1.807) is 0 Å². The van der Waals surface area contributed by atoms with Crippen molar-refractivity contribution < 1.29 is 22.7 Å². The van der Waals surface area contributed by atoms with Crippen molar-refractivity contribution in [2.24, 2.45) is 17.6 Å². The fraction of sp³-hybridized carbons (Fsp3) is 0.900. The van der Waals surface area contributed by atoms with Crippen LogP contribution in [0.3, 0.4) is 0 Å². The molecule has 0 aromatic carbocycles. The summed E-state index contributed by atoms with van der Waals surface area (Å²) in [6.45, 7) is 2.26. The Labute approximate surface area is 97.9 Å². The van der Waals surface area contributed by atoms with Gasteiger partial charge in [0.25, 0.3) is 0 Å². The number of ether oxygens (including phenoxy) is 1. The Kier molecular flexibility index (Phi) is 4.76. The average Bonchev–Trinajstić information content (AvgIpc) is 2.53. The van der Waals surface area contributed by atoms with E-state index in [2.05, 4.69) is 4.74 Å². The van der Waals surface area contributed by atoms with Gasteiger partial charge in [0.2, 0.25) is 5.91 Å². The average molecular weight is 254 g/mol. The zero-order valence-corrected chi connectivity index (χ0v) is 9.67. The number of hydrogen-bond acceptors (Lipinski definition) is 3. The summed E-state index contributed by atoms with van der Waals surface area (Å²) in [6.07, 6.45) is -4.28. The summed E-state index contributed by atoms with van der Waals surface area (Å²) in [4.78, 5) is 12.9. The van der Waals surface area contributed by atoms with E-state index in [0.717, 1.165) is 0 Å². The molecule has 1 heterocycles. The molecule has 2 N–H and O–H groups in total. The number of amides is 1. The SMILES string of the molecule is C[C@@H]1CN(CCOCC(F)(F)F)C[C@H]1C(N)=O. The summed E-state index contributed by atoms with van der Waals surface area (Å²) >= 11 is 0. The standard InChI is InChI=1S/C10H17F3N2O2/c1-7-4-15(5-8(7)9(14)16)2-3-17-6-10(11,12)13/h7-8H,2-6H2,1H3,(H2,14,16)/t7-,8-/m1/s1. The summed E-state index contributed by atoms with van der Waals surface area (Å²) in [5, 5.41) is 0. The van der Waals surface area contributed by atoms with Crippen molar-refractivity contribution in [3.63, 3.8) is 0 Å². The maximum absolute atomic E-state index is 11.8. The van der Waals surface area contributed by atoms with Gasteiger partial charge in [0, 0.05) is 19.6 Å². The van der Waals surface area contributed by atoms with Crippen LogP contribution in [0.2, 0.25) is 0 Å². The van der Waals surface area contributed by atoms with Gasteiger partial charge >= 0.3 is 6.18 Å². The first-order chi connectivity index (χ1) is 7.79. The molecule has 7 heteroatoms. The van der Waals surface area contributed by atoms with E-state index < -0.39 is 12.8 Å². The molecule has 2 atom stereocenters. The van der Waals surface area contributed by atoms with Crippen LogP contribution in [-0.4, -0.2) is 49.8 Å². The van der Waals surface area contributed by atoms with Crippen LogP contribution in [0.15, 0.2) is 0 Å². The van der Waals surface area contributed by atoms with Crippen molar-refractivity contribution >= 4 is 5.91 Å². The number of likely N-dealkylation sites (tertiary alicyclic amines) is 1. The predicted molar refractivity (Wildman–Crippen MR) is 55.2 cm³/mol. The summed E-state index contributed by atoms with van der Waals surface area (Å²) in [5.74, 6) is -0.413. The molecule has 1 aliphatic heterocycles. The third-order valence-corrected chi connectivity index (χ3v) is 2.87. The Morgan fingerprint density at radius 2 is 2.12 bits per heavy atom. The number of alkyl halides is 3. The van der Waals surface area contributed by atoms with Crippen molar-refractivity contribution in [1.82, 2.24) is 4.90 Å².